The van der Waals surface area contributed by atoms with Gasteiger partial charge < -0.3 is 9.47 Å². The fourth-order valence-corrected chi connectivity index (χ4v) is 2.48. The highest BCUT2D eigenvalue weighted by atomic mass is 32.2. The highest BCUT2D eigenvalue weighted by molar-refractivity contribution is 8.00. The maximum atomic E-state index is 11.5. The molecule has 1 saturated heterocycles. The number of carbonyl (C=O) groups excluding carboxylic acids is 1. The Bertz CT molecular complexity index is 338. The van der Waals surface area contributed by atoms with E-state index in [1.54, 1.807) is 24.9 Å². The molecule has 0 spiro atoms. The summed E-state index contributed by atoms with van der Waals surface area (Å²) < 4.78 is 10.3. The van der Waals surface area contributed by atoms with Gasteiger partial charge in [0.1, 0.15) is 11.3 Å². The topological polar surface area (TPSA) is 59.6 Å². The molecule has 2 rings (SSSR count). The molecule has 1 aliphatic heterocycles. The molecule has 6 heteroatoms. The minimum atomic E-state index is -0.427. The van der Waals surface area contributed by atoms with E-state index in [-0.39, 0.29) is 11.6 Å². The smallest absolute Gasteiger partial charge is 0.411 e. The van der Waals surface area contributed by atoms with Crippen molar-refractivity contribution in [1.29, 1.82) is 0 Å². The van der Waals surface area contributed by atoms with Gasteiger partial charge in [0, 0.05) is 19.4 Å². The fraction of sp³-hybridized carbons (Fsp3) is 0.545. The van der Waals surface area contributed by atoms with Gasteiger partial charge in [0.2, 0.25) is 0 Å². The molecule has 5 nitrogen and oxygen atoms in total. The van der Waals surface area contributed by atoms with Crippen LogP contribution in [0.1, 0.15) is 6.42 Å². The Morgan fingerprint density at radius 2 is 2.53 bits per heavy atom. The Morgan fingerprint density at radius 3 is 3.12 bits per heavy atom. The number of carbonyl (C=O) groups is 1. The minimum Gasteiger partial charge on any atom is -0.411 e. The van der Waals surface area contributed by atoms with Crippen LogP contribution in [0.5, 0.6) is 0 Å². The van der Waals surface area contributed by atoms with Gasteiger partial charge in [-0.25, -0.2) is 4.79 Å². The van der Waals surface area contributed by atoms with Crippen LogP contribution in [-0.2, 0) is 9.47 Å². The monoisotopic (exact) mass is 256 g/mol. The molecular weight excluding hydrogens is 240 g/mol. The number of ether oxygens (including phenoxy) is 2. The first-order valence-corrected chi connectivity index (χ1v) is 6.57. The standard InChI is InChI=1S/C11H16N2O3S/c1-15-8-2-4-9(5-3-8)16-11(14)13-10-12-6-7-17-10/h2,4-5,8,10,12H,3,6-7H2,1H3,(H,13,14). The Balaban J connectivity index is 1.75. The predicted molar refractivity (Wildman–Crippen MR) is 66.5 cm³/mol. The van der Waals surface area contributed by atoms with E-state index in [1.807, 2.05) is 12.2 Å². The fourth-order valence-electron chi connectivity index (χ4n) is 1.59. The van der Waals surface area contributed by atoms with Crippen LogP contribution < -0.4 is 10.6 Å². The molecule has 0 aromatic carbocycles. The molecule has 2 atom stereocenters. The third kappa shape index (κ3) is 3.76. The van der Waals surface area contributed by atoms with E-state index in [9.17, 15) is 4.79 Å². The summed E-state index contributed by atoms with van der Waals surface area (Å²) in [7, 11) is 1.66. The van der Waals surface area contributed by atoms with Crippen molar-refractivity contribution in [3.63, 3.8) is 0 Å². The van der Waals surface area contributed by atoms with Crippen LogP contribution in [0, 0.1) is 0 Å². The van der Waals surface area contributed by atoms with Crippen molar-refractivity contribution in [3.05, 3.63) is 24.0 Å². The van der Waals surface area contributed by atoms with E-state index >= 15 is 0 Å². The maximum absolute atomic E-state index is 11.5. The first-order valence-electron chi connectivity index (χ1n) is 5.52. The van der Waals surface area contributed by atoms with Gasteiger partial charge in [-0.2, -0.15) is 0 Å². The molecular formula is C11H16N2O3S. The Morgan fingerprint density at radius 1 is 1.65 bits per heavy atom. The molecule has 0 radical (unpaired) electrons. The van der Waals surface area contributed by atoms with Gasteiger partial charge >= 0.3 is 6.09 Å². The second kappa shape index (κ2) is 6.09. The molecule has 17 heavy (non-hydrogen) atoms. The summed E-state index contributed by atoms with van der Waals surface area (Å²) in [5.74, 6) is 1.57. The van der Waals surface area contributed by atoms with Crippen LogP contribution in [0.15, 0.2) is 24.0 Å². The molecule has 1 fully saturated rings. The van der Waals surface area contributed by atoms with Gasteiger partial charge in [0.05, 0.1) is 6.10 Å². The minimum absolute atomic E-state index is 0.0395. The SMILES string of the molecule is COC1C=CC(OC(=O)NC2NCCS2)=CC1. The lowest BCUT2D eigenvalue weighted by Crippen LogP contribution is -2.39. The van der Waals surface area contributed by atoms with Gasteiger partial charge in [0.15, 0.2) is 0 Å². The van der Waals surface area contributed by atoms with E-state index in [1.165, 1.54) is 0 Å². The maximum Gasteiger partial charge on any atom is 0.414 e. The first kappa shape index (κ1) is 12.5. The Labute approximate surface area is 105 Å². The number of amides is 1. The largest absolute Gasteiger partial charge is 0.414 e. The van der Waals surface area contributed by atoms with Crippen molar-refractivity contribution >= 4 is 17.9 Å². The van der Waals surface area contributed by atoms with E-state index in [4.69, 9.17) is 9.47 Å². The summed E-state index contributed by atoms with van der Waals surface area (Å²) in [6, 6.07) is 0. The first-order chi connectivity index (χ1) is 8.28. The Kier molecular flexibility index (Phi) is 4.47. The van der Waals surface area contributed by atoms with Crippen LogP contribution in [0.2, 0.25) is 0 Å². The average molecular weight is 256 g/mol. The lowest BCUT2D eigenvalue weighted by molar-refractivity contribution is 0.138. The van der Waals surface area contributed by atoms with Crippen molar-refractivity contribution in [2.45, 2.75) is 18.0 Å². The normalized spacial score (nSPS) is 27.7. The third-order valence-corrected chi connectivity index (χ3v) is 3.56. The van der Waals surface area contributed by atoms with Gasteiger partial charge in [-0.1, -0.05) is 6.08 Å². The summed E-state index contributed by atoms with van der Waals surface area (Å²) >= 11 is 1.66. The summed E-state index contributed by atoms with van der Waals surface area (Å²) in [6.45, 7) is 0.910. The molecule has 94 valence electrons. The zero-order chi connectivity index (χ0) is 12.1. The van der Waals surface area contributed by atoms with Crippen LogP contribution in [0.4, 0.5) is 4.79 Å². The second-order valence-corrected chi connectivity index (χ2v) is 4.93. The number of rotatable bonds is 3. The van der Waals surface area contributed by atoms with Crippen molar-refractivity contribution in [2.75, 3.05) is 19.4 Å². The lowest BCUT2D eigenvalue weighted by Gasteiger charge is -2.16. The highest BCUT2D eigenvalue weighted by Crippen LogP contribution is 2.15. The molecule has 0 aromatic rings. The zero-order valence-electron chi connectivity index (χ0n) is 9.64. The number of methoxy groups -OCH3 is 1. The van der Waals surface area contributed by atoms with Crippen LogP contribution in [0.3, 0.4) is 0 Å². The molecule has 2 aliphatic rings. The van der Waals surface area contributed by atoms with Crippen molar-refractivity contribution in [1.82, 2.24) is 10.6 Å². The third-order valence-electron chi connectivity index (χ3n) is 2.51. The van der Waals surface area contributed by atoms with Gasteiger partial charge in [-0.3, -0.25) is 10.6 Å². The quantitative estimate of drug-likeness (QED) is 0.794. The summed E-state index contributed by atoms with van der Waals surface area (Å²) in [4.78, 5) is 11.5. The molecule has 2 N–H and O–H groups in total. The van der Waals surface area contributed by atoms with Gasteiger partial charge in [0.25, 0.3) is 0 Å². The van der Waals surface area contributed by atoms with Crippen LogP contribution in [-0.4, -0.2) is 37.1 Å². The molecule has 1 aliphatic carbocycles. The van der Waals surface area contributed by atoms with Crippen molar-refractivity contribution in [3.8, 4) is 0 Å². The van der Waals surface area contributed by atoms with E-state index in [0.29, 0.717) is 5.76 Å². The average Bonchev–Trinajstić information content (AvgIpc) is 2.82. The molecule has 2 unspecified atom stereocenters. The molecule has 1 heterocycles. The second-order valence-electron chi connectivity index (χ2n) is 3.71. The van der Waals surface area contributed by atoms with Crippen molar-refractivity contribution < 1.29 is 14.3 Å². The van der Waals surface area contributed by atoms with E-state index < -0.39 is 6.09 Å². The number of allylic oxidation sites excluding steroid dienone is 1. The summed E-state index contributed by atoms with van der Waals surface area (Å²) in [5.41, 5.74) is -0.0395. The zero-order valence-corrected chi connectivity index (χ0v) is 10.5. The van der Waals surface area contributed by atoms with Gasteiger partial charge in [-0.15, -0.1) is 11.8 Å². The molecule has 0 bridgehead atoms. The lowest BCUT2D eigenvalue weighted by atomic mass is 10.1. The predicted octanol–water partition coefficient (Wildman–Crippen LogP) is 1.19. The molecule has 1 amide bonds. The van der Waals surface area contributed by atoms with Crippen molar-refractivity contribution in [2.24, 2.45) is 0 Å². The molecule has 0 aromatic heterocycles. The summed E-state index contributed by atoms with van der Waals surface area (Å²) in [6.07, 6.45) is 5.87. The van der Waals surface area contributed by atoms with E-state index in [0.717, 1.165) is 18.7 Å². The van der Waals surface area contributed by atoms with E-state index in [2.05, 4.69) is 10.6 Å². The number of thioether (sulfide) groups is 1. The Hall–Kier alpha value is -0.980. The summed E-state index contributed by atoms with van der Waals surface area (Å²) in [5, 5.41) is 5.87. The van der Waals surface area contributed by atoms with Crippen LogP contribution >= 0.6 is 11.8 Å². The number of alkyl carbamates (subject to hydrolysis) is 1. The number of nitrogens with one attached hydrogen (secondary N) is 2. The molecule has 0 saturated carbocycles. The van der Waals surface area contributed by atoms with Crippen LogP contribution in [0.25, 0.3) is 0 Å². The highest BCUT2D eigenvalue weighted by Gasteiger charge is 2.18. The van der Waals surface area contributed by atoms with Gasteiger partial charge in [-0.05, 0) is 18.6 Å². The number of hydrogen-bond acceptors (Lipinski definition) is 5. The number of hydrogen-bond donors (Lipinski definition) is 2.